The van der Waals surface area contributed by atoms with Crippen LogP contribution < -0.4 is 0 Å². The van der Waals surface area contributed by atoms with Crippen molar-refractivity contribution >= 4 is 5.97 Å². The third-order valence-electron chi connectivity index (χ3n) is 3.67. The molecule has 2 rings (SSSR count). The zero-order valence-electron chi connectivity index (χ0n) is 11.5. The van der Waals surface area contributed by atoms with Gasteiger partial charge in [0, 0.05) is 6.61 Å². The van der Waals surface area contributed by atoms with Gasteiger partial charge in [-0.15, -0.1) is 0 Å². The fraction of sp³-hybridized carbons (Fsp3) is 0.769. The van der Waals surface area contributed by atoms with Crippen molar-refractivity contribution in [3.63, 3.8) is 0 Å². The van der Waals surface area contributed by atoms with Crippen molar-refractivity contribution in [2.24, 2.45) is 11.8 Å². The summed E-state index contributed by atoms with van der Waals surface area (Å²) in [5.41, 5.74) is 0. The molecule has 19 heavy (non-hydrogen) atoms. The van der Waals surface area contributed by atoms with Crippen LogP contribution in [0.15, 0.2) is 4.52 Å². The quantitative estimate of drug-likeness (QED) is 0.882. The fourth-order valence-corrected chi connectivity index (χ4v) is 2.73. The maximum absolute atomic E-state index is 11.3. The maximum atomic E-state index is 11.3. The minimum atomic E-state index is -0.785. The lowest BCUT2D eigenvalue weighted by molar-refractivity contribution is -0.142. The number of carboxylic acid groups (broad SMARTS) is 1. The van der Waals surface area contributed by atoms with E-state index in [2.05, 4.69) is 17.1 Å². The Morgan fingerprint density at radius 1 is 1.58 bits per heavy atom. The highest BCUT2D eigenvalue weighted by molar-refractivity contribution is 5.71. The summed E-state index contributed by atoms with van der Waals surface area (Å²) in [5, 5.41) is 13.1. The molecule has 6 heteroatoms. The Bertz CT molecular complexity index is 446. The molecule has 1 aromatic rings. The van der Waals surface area contributed by atoms with Crippen LogP contribution in [-0.2, 0) is 9.53 Å². The molecule has 106 valence electrons. The van der Waals surface area contributed by atoms with Gasteiger partial charge in [0.15, 0.2) is 5.82 Å². The highest BCUT2D eigenvalue weighted by atomic mass is 16.5. The molecule has 0 aromatic carbocycles. The van der Waals surface area contributed by atoms with Gasteiger partial charge in [-0.1, -0.05) is 12.1 Å². The number of nitrogens with zero attached hydrogens (tertiary/aromatic N) is 2. The molecule has 4 atom stereocenters. The third-order valence-corrected chi connectivity index (χ3v) is 3.67. The van der Waals surface area contributed by atoms with E-state index in [0.717, 1.165) is 6.42 Å². The molecule has 0 bridgehead atoms. The summed E-state index contributed by atoms with van der Waals surface area (Å²) < 4.78 is 10.6. The van der Waals surface area contributed by atoms with E-state index < -0.39 is 11.9 Å². The second-order valence-corrected chi connectivity index (χ2v) is 5.22. The molecular weight excluding hydrogens is 248 g/mol. The van der Waals surface area contributed by atoms with E-state index in [1.807, 2.05) is 13.8 Å². The first-order valence-electron chi connectivity index (χ1n) is 6.70. The first-order chi connectivity index (χ1) is 9.02. The molecule has 1 aliphatic rings. The number of carboxylic acids is 1. The minimum Gasteiger partial charge on any atom is -0.481 e. The first-order valence-corrected chi connectivity index (χ1v) is 6.70. The summed E-state index contributed by atoms with van der Waals surface area (Å²) in [6.45, 7) is 6.37. The van der Waals surface area contributed by atoms with Crippen LogP contribution in [0.4, 0.5) is 0 Å². The van der Waals surface area contributed by atoms with Gasteiger partial charge in [-0.05, 0) is 32.6 Å². The van der Waals surface area contributed by atoms with Crippen molar-refractivity contribution in [1.29, 1.82) is 0 Å². The van der Waals surface area contributed by atoms with Crippen molar-refractivity contribution in [3.8, 4) is 0 Å². The van der Waals surface area contributed by atoms with Gasteiger partial charge in [-0.25, -0.2) is 0 Å². The predicted octanol–water partition coefficient (Wildman–Crippen LogP) is 2.38. The van der Waals surface area contributed by atoms with Crippen LogP contribution in [0.2, 0.25) is 0 Å². The van der Waals surface area contributed by atoms with Crippen LogP contribution in [-0.4, -0.2) is 27.8 Å². The topological polar surface area (TPSA) is 85.5 Å². The Morgan fingerprint density at radius 3 is 2.95 bits per heavy atom. The lowest BCUT2D eigenvalue weighted by atomic mass is 9.96. The fourth-order valence-electron chi connectivity index (χ4n) is 2.73. The molecule has 1 N–H and O–H groups in total. The van der Waals surface area contributed by atoms with Crippen LogP contribution in [0.1, 0.15) is 57.3 Å². The maximum Gasteiger partial charge on any atom is 0.307 e. The monoisotopic (exact) mass is 268 g/mol. The second kappa shape index (κ2) is 5.69. The van der Waals surface area contributed by atoms with E-state index in [0.29, 0.717) is 30.7 Å². The zero-order chi connectivity index (χ0) is 14.0. The van der Waals surface area contributed by atoms with Crippen LogP contribution in [0, 0.1) is 11.8 Å². The average molecular weight is 268 g/mol. The Hall–Kier alpha value is -1.43. The molecular formula is C13H20N2O4. The standard InChI is InChI=1S/C13H20N2O4/c1-4-18-8(3)11-14-12(19-15-11)9-5-7(2)6-10(9)13(16)17/h7-10H,4-6H2,1-3H3,(H,16,17). The van der Waals surface area contributed by atoms with Crippen molar-refractivity contribution in [2.75, 3.05) is 6.61 Å². The number of hydrogen-bond acceptors (Lipinski definition) is 5. The molecule has 1 fully saturated rings. The van der Waals surface area contributed by atoms with Gasteiger partial charge >= 0.3 is 5.97 Å². The van der Waals surface area contributed by atoms with Crippen LogP contribution in [0.25, 0.3) is 0 Å². The Kier molecular flexibility index (Phi) is 4.19. The summed E-state index contributed by atoms with van der Waals surface area (Å²) in [7, 11) is 0. The third kappa shape index (κ3) is 2.94. The molecule has 1 saturated carbocycles. The van der Waals surface area contributed by atoms with E-state index in [-0.39, 0.29) is 12.0 Å². The Morgan fingerprint density at radius 2 is 2.32 bits per heavy atom. The predicted molar refractivity (Wildman–Crippen MR) is 66.6 cm³/mol. The SMILES string of the molecule is CCOC(C)c1noc(C2CC(C)CC2C(=O)O)n1. The summed E-state index contributed by atoms with van der Waals surface area (Å²) in [4.78, 5) is 15.6. The number of rotatable bonds is 5. The van der Waals surface area contributed by atoms with Crippen LogP contribution >= 0.6 is 0 Å². The van der Waals surface area contributed by atoms with Crippen LogP contribution in [0.3, 0.4) is 0 Å². The number of ether oxygens (including phenoxy) is 1. The van der Waals surface area contributed by atoms with Crippen molar-refractivity contribution in [1.82, 2.24) is 10.1 Å². The summed E-state index contributed by atoms with van der Waals surface area (Å²) in [6, 6.07) is 0. The van der Waals surface area contributed by atoms with E-state index >= 15 is 0 Å². The average Bonchev–Trinajstić information content (AvgIpc) is 2.95. The van der Waals surface area contributed by atoms with Crippen molar-refractivity contribution in [3.05, 3.63) is 11.7 Å². The molecule has 1 aliphatic carbocycles. The molecule has 0 spiro atoms. The van der Waals surface area contributed by atoms with E-state index in [9.17, 15) is 9.90 Å². The number of aromatic nitrogens is 2. The van der Waals surface area contributed by atoms with Crippen LogP contribution in [0.5, 0.6) is 0 Å². The first kappa shape index (κ1) is 14.0. The number of hydrogen-bond donors (Lipinski definition) is 1. The number of aliphatic carboxylic acids is 1. The van der Waals surface area contributed by atoms with Gasteiger partial charge in [0.2, 0.25) is 5.89 Å². The molecule has 0 amide bonds. The Balaban J connectivity index is 2.15. The Labute approximate surface area is 112 Å². The largest absolute Gasteiger partial charge is 0.481 e. The molecule has 0 saturated heterocycles. The van der Waals surface area contributed by atoms with Gasteiger partial charge in [0.05, 0.1) is 11.8 Å². The van der Waals surface area contributed by atoms with Gasteiger partial charge in [-0.2, -0.15) is 4.98 Å². The second-order valence-electron chi connectivity index (χ2n) is 5.22. The normalized spacial score (nSPS) is 28.5. The van der Waals surface area contributed by atoms with E-state index in [4.69, 9.17) is 9.26 Å². The van der Waals surface area contributed by atoms with E-state index in [1.165, 1.54) is 0 Å². The molecule has 0 radical (unpaired) electrons. The van der Waals surface area contributed by atoms with Gasteiger partial charge < -0.3 is 14.4 Å². The van der Waals surface area contributed by atoms with Gasteiger partial charge in [0.25, 0.3) is 0 Å². The van der Waals surface area contributed by atoms with Crippen molar-refractivity contribution < 1.29 is 19.2 Å². The highest BCUT2D eigenvalue weighted by Gasteiger charge is 2.41. The highest BCUT2D eigenvalue weighted by Crippen LogP contribution is 2.42. The lowest BCUT2D eigenvalue weighted by Crippen LogP contribution is -2.17. The smallest absolute Gasteiger partial charge is 0.307 e. The molecule has 0 aliphatic heterocycles. The molecule has 1 aromatic heterocycles. The summed E-state index contributed by atoms with van der Waals surface area (Å²) >= 11 is 0. The lowest BCUT2D eigenvalue weighted by Gasteiger charge is -2.10. The molecule has 1 heterocycles. The summed E-state index contributed by atoms with van der Waals surface area (Å²) in [6.07, 6.45) is 1.21. The van der Waals surface area contributed by atoms with Gasteiger partial charge in [-0.3, -0.25) is 4.79 Å². The van der Waals surface area contributed by atoms with E-state index in [1.54, 1.807) is 0 Å². The van der Waals surface area contributed by atoms with Crippen molar-refractivity contribution in [2.45, 2.75) is 45.6 Å². The van der Waals surface area contributed by atoms with Gasteiger partial charge in [0.1, 0.15) is 6.10 Å². The minimum absolute atomic E-state index is 0.178. The zero-order valence-corrected chi connectivity index (χ0v) is 11.5. The molecule has 6 nitrogen and oxygen atoms in total. The molecule has 4 unspecified atom stereocenters. The number of carbonyl (C=O) groups is 1. The summed E-state index contributed by atoms with van der Waals surface area (Å²) in [5.74, 6) is -0.107.